The molecule has 3 aliphatic rings. The molecular weight excluding hydrogens is 232 g/mol. The van der Waals surface area contributed by atoms with E-state index in [9.17, 15) is 9.59 Å². The van der Waals surface area contributed by atoms with Crippen LogP contribution in [0.2, 0.25) is 0 Å². The molecule has 0 N–H and O–H groups in total. The van der Waals surface area contributed by atoms with E-state index >= 15 is 0 Å². The maximum Gasteiger partial charge on any atom is 0.312 e. The van der Waals surface area contributed by atoms with Crippen molar-refractivity contribution in [3.05, 3.63) is 0 Å². The van der Waals surface area contributed by atoms with Crippen LogP contribution in [-0.2, 0) is 19.1 Å². The van der Waals surface area contributed by atoms with E-state index in [1.54, 1.807) is 0 Å². The minimum Gasteiger partial charge on any atom is -0.469 e. The van der Waals surface area contributed by atoms with E-state index < -0.39 is 5.41 Å². The Morgan fingerprint density at radius 1 is 1.44 bits per heavy atom. The monoisotopic (exact) mass is 252 g/mol. The maximum absolute atomic E-state index is 12.4. The Hall–Kier alpha value is -1.06. The Morgan fingerprint density at radius 3 is 2.83 bits per heavy atom. The second-order valence-electron chi connectivity index (χ2n) is 6.85. The predicted molar refractivity (Wildman–Crippen MR) is 63.5 cm³/mol. The number of hydrogen-bond acceptors (Lipinski definition) is 4. The normalized spacial score (nSPS) is 44.4. The molecule has 0 amide bonds. The van der Waals surface area contributed by atoms with Crippen molar-refractivity contribution < 1.29 is 19.1 Å². The molecule has 1 aliphatic heterocycles. The summed E-state index contributed by atoms with van der Waals surface area (Å²) < 4.78 is 10.2. The van der Waals surface area contributed by atoms with Gasteiger partial charge in [0.1, 0.15) is 0 Å². The molecule has 2 saturated carbocycles. The van der Waals surface area contributed by atoms with Crippen LogP contribution < -0.4 is 0 Å². The van der Waals surface area contributed by atoms with Crippen LogP contribution in [0, 0.1) is 28.6 Å². The van der Waals surface area contributed by atoms with E-state index in [1.807, 2.05) is 0 Å². The smallest absolute Gasteiger partial charge is 0.312 e. The molecule has 4 atom stereocenters. The van der Waals surface area contributed by atoms with E-state index in [4.69, 9.17) is 9.47 Å². The van der Waals surface area contributed by atoms with Crippen molar-refractivity contribution in [3.8, 4) is 0 Å². The van der Waals surface area contributed by atoms with Gasteiger partial charge >= 0.3 is 11.9 Å². The maximum atomic E-state index is 12.4. The summed E-state index contributed by atoms with van der Waals surface area (Å²) in [5.41, 5.74) is -0.329. The molecule has 0 radical (unpaired) electrons. The van der Waals surface area contributed by atoms with Gasteiger partial charge in [0.15, 0.2) is 0 Å². The molecule has 3 fully saturated rings. The molecular formula is C14H20O4. The lowest BCUT2D eigenvalue weighted by Crippen LogP contribution is -2.40. The molecule has 4 heteroatoms. The predicted octanol–water partition coefficient (Wildman–Crippen LogP) is 1.77. The third-order valence-corrected chi connectivity index (χ3v) is 5.26. The molecule has 4 nitrogen and oxygen atoms in total. The second kappa shape index (κ2) is 3.49. The van der Waals surface area contributed by atoms with Gasteiger partial charge in [0, 0.05) is 5.92 Å². The summed E-state index contributed by atoms with van der Waals surface area (Å²) in [5.74, 6) is -0.0171. The number of esters is 2. The Balaban J connectivity index is 2.02. The van der Waals surface area contributed by atoms with Crippen molar-refractivity contribution >= 4 is 11.9 Å². The van der Waals surface area contributed by atoms with Gasteiger partial charge in [-0.15, -0.1) is 0 Å². The summed E-state index contributed by atoms with van der Waals surface area (Å²) in [6, 6.07) is 0. The Morgan fingerprint density at radius 2 is 2.17 bits per heavy atom. The van der Waals surface area contributed by atoms with Gasteiger partial charge in [-0.3, -0.25) is 9.59 Å². The van der Waals surface area contributed by atoms with Gasteiger partial charge < -0.3 is 9.47 Å². The summed E-state index contributed by atoms with van der Waals surface area (Å²) >= 11 is 0. The van der Waals surface area contributed by atoms with E-state index in [1.165, 1.54) is 7.11 Å². The summed E-state index contributed by atoms with van der Waals surface area (Å²) in [7, 11) is 1.45. The number of fused-ring (bicyclic) bond motifs is 3. The van der Waals surface area contributed by atoms with Crippen molar-refractivity contribution in [1.29, 1.82) is 0 Å². The van der Waals surface area contributed by atoms with Crippen LogP contribution in [0.3, 0.4) is 0 Å². The molecule has 0 bridgehead atoms. The Labute approximate surface area is 107 Å². The van der Waals surface area contributed by atoms with Crippen LogP contribution in [0.25, 0.3) is 0 Å². The number of methoxy groups -OCH3 is 1. The lowest BCUT2D eigenvalue weighted by atomic mass is 9.71. The zero-order valence-corrected chi connectivity index (χ0v) is 11.2. The standard InChI is InChI=1S/C14H20O4/c1-13(2)5-8-4-9-10(6-18-11(9)15)14(8,7-13)12(16)17-3/h8-10H,4-7H2,1-3H3/t8-,9+,10+,14-/m1/s1. The first-order valence-corrected chi connectivity index (χ1v) is 6.66. The van der Waals surface area contributed by atoms with Crippen molar-refractivity contribution in [3.63, 3.8) is 0 Å². The fourth-order valence-corrected chi connectivity index (χ4v) is 4.80. The fourth-order valence-electron chi connectivity index (χ4n) is 4.80. The number of carbonyl (C=O) groups excluding carboxylic acids is 2. The Kier molecular flexibility index (Phi) is 2.32. The molecule has 100 valence electrons. The average molecular weight is 252 g/mol. The molecule has 0 aromatic heterocycles. The zero-order chi connectivity index (χ0) is 13.1. The van der Waals surface area contributed by atoms with Crippen LogP contribution in [0.4, 0.5) is 0 Å². The molecule has 18 heavy (non-hydrogen) atoms. The zero-order valence-electron chi connectivity index (χ0n) is 11.2. The van der Waals surface area contributed by atoms with Gasteiger partial charge in [0.2, 0.25) is 0 Å². The van der Waals surface area contributed by atoms with Gasteiger partial charge in [0.25, 0.3) is 0 Å². The lowest BCUT2D eigenvalue weighted by molar-refractivity contribution is -0.158. The molecule has 1 saturated heterocycles. The number of rotatable bonds is 1. The van der Waals surface area contributed by atoms with Gasteiger partial charge in [-0.05, 0) is 30.6 Å². The quantitative estimate of drug-likeness (QED) is 0.667. The summed E-state index contributed by atoms with van der Waals surface area (Å²) in [5, 5.41) is 0. The highest BCUT2D eigenvalue weighted by atomic mass is 16.5. The molecule has 0 spiro atoms. The highest BCUT2D eigenvalue weighted by Gasteiger charge is 2.69. The summed E-state index contributed by atoms with van der Waals surface area (Å²) in [6.07, 6.45) is 2.61. The molecule has 2 aliphatic carbocycles. The first-order chi connectivity index (χ1) is 8.40. The van der Waals surface area contributed by atoms with Gasteiger partial charge in [-0.25, -0.2) is 0 Å². The molecule has 0 unspecified atom stereocenters. The molecule has 0 aromatic carbocycles. The molecule has 3 rings (SSSR count). The SMILES string of the molecule is COC(=O)[C@]12CC(C)(C)C[C@H]1C[C@@H]1C(=O)OC[C@@H]12. The van der Waals surface area contributed by atoms with Crippen molar-refractivity contribution in [2.45, 2.75) is 33.1 Å². The fraction of sp³-hybridized carbons (Fsp3) is 0.857. The summed E-state index contributed by atoms with van der Waals surface area (Å²) in [4.78, 5) is 24.1. The highest BCUT2D eigenvalue weighted by Crippen LogP contribution is 2.66. The van der Waals surface area contributed by atoms with Crippen molar-refractivity contribution in [2.75, 3.05) is 13.7 Å². The van der Waals surface area contributed by atoms with Crippen LogP contribution in [0.15, 0.2) is 0 Å². The topological polar surface area (TPSA) is 52.6 Å². The Bertz CT molecular complexity index is 414. The van der Waals surface area contributed by atoms with E-state index in [0.29, 0.717) is 6.61 Å². The van der Waals surface area contributed by atoms with Crippen molar-refractivity contribution in [2.24, 2.45) is 28.6 Å². The summed E-state index contributed by atoms with van der Waals surface area (Å²) in [6.45, 7) is 4.79. The number of hydrogen-bond donors (Lipinski definition) is 0. The van der Waals surface area contributed by atoms with Gasteiger partial charge in [0.05, 0.1) is 25.0 Å². The van der Waals surface area contributed by atoms with Crippen molar-refractivity contribution in [1.82, 2.24) is 0 Å². The van der Waals surface area contributed by atoms with Crippen LogP contribution in [0.5, 0.6) is 0 Å². The van der Waals surface area contributed by atoms with Gasteiger partial charge in [-0.1, -0.05) is 13.8 Å². The first kappa shape index (κ1) is 12.0. The van der Waals surface area contributed by atoms with Crippen LogP contribution in [0.1, 0.15) is 33.1 Å². The first-order valence-electron chi connectivity index (χ1n) is 6.66. The average Bonchev–Trinajstić information content (AvgIpc) is 2.86. The number of carbonyl (C=O) groups is 2. The minimum absolute atomic E-state index is 0.0317. The van der Waals surface area contributed by atoms with E-state index in [0.717, 1.165) is 19.3 Å². The van der Waals surface area contributed by atoms with Crippen LogP contribution >= 0.6 is 0 Å². The highest BCUT2D eigenvalue weighted by molar-refractivity contribution is 5.83. The largest absolute Gasteiger partial charge is 0.469 e. The third-order valence-electron chi connectivity index (χ3n) is 5.26. The molecule has 0 aromatic rings. The van der Waals surface area contributed by atoms with Crippen LogP contribution in [-0.4, -0.2) is 25.7 Å². The second-order valence-corrected chi connectivity index (χ2v) is 6.85. The number of cyclic esters (lactones) is 1. The van der Waals surface area contributed by atoms with Gasteiger partial charge in [-0.2, -0.15) is 0 Å². The minimum atomic E-state index is -0.477. The molecule has 1 heterocycles. The van der Waals surface area contributed by atoms with E-state index in [-0.39, 0.29) is 35.1 Å². The third kappa shape index (κ3) is 1.32. The number of ether oxygens (including phenoxy) is 2. The van der Waals surface area contributed by atoms with E-state index in [2.05, 4.69) is 13.8 Å². The lowest BCUT2D eigenvalue weighted by Gasteiger charge is -2.32.